The van der Waals surface area contributed by atoms with Gasteiger partial charge in [0.2, 0.25) is 15.9 Å². The van der Waals surface area contributed by atoms with E-state index >= 15 is 0 Å². The number of nitrogens with zero attached hydrogens (tertiary/aromatic N) is 1. The van der Waals surface area contributed by atoms with Crippen LogP contribution in [0.3, 0.4) is 0 Å². The summed E-state index contributed by atoms with van der Waals surface area (Å²) in [5.74, 6) is -2.76. The summed E-state index contributed by atoms with van der Waals surface area (Å²) in [7, 11) is -2.74. The zero-order valence-electron chi connectivity index (χ0n) is 14.7. The van der Waals surface area contributed by atoms with Crippen LogP contribution in [0.2, 0.25) is 0 Å². The first-order valence-electron chi connectivity index (χ1n) is 8.30. The van der Waals surface area contributed by atoms with Crippen molar-refractivity contribution in [1.29, 1.82) is 0 Å². The van der Waals surface area contributed by atoms with Gasteiger partial charge in [0.1, 0.15) is 0 Å². The van der Waals surface area contributed by atoms with Crippen molar-refractivity contribution in [2.75, 3.05) is 26.7 Å². The first kappa shape index (κ1) is 21.0. The fraction of sp³-hybridized carbons (Fsp3) is 0.500. The van der Waals surface area contributed by atoms with Gasteiger partial charge in [-0.15, -0.1) is 0 Å². The van der Waals surface area contributed by atoms with Crippen LogP contribution in [0.5, 0.6) is 0 Å². The van der Waals surface area contributed by atoms with Crippen molar-refractivity contribution in [3.63, 3.8) is 0 Å². The molecule has 0 radical (unpaired) electrons. The van der Waals surface area contributed by atoms with E-state index in [1.54, 1.807) is 4.90 Å². The summed E-state index contributed by atoms with van der Waals surface area (Å²) in [6.45, 7) is 0.731. The minimum absolute atomic E-state index is 0.110. The number of rotatable bonds is 6. The fourth-order valence-electron chi connectivity index (χ4n) is 2.66. The van der Waals surface area contributed by atoms with Crippen molar-refractivity contribution in [3.05, 3.63) is 29.8 Å². The summed E-state index contributed by atoms with van der Waals surface area (Å²) in [5.41, 5.74) is 0. The Morgan fingerprint density at radius 1 is 1.22 bits per heavy atom. The van der Waals surface area contributed by atoms with Gasteiger partial charge in [-0.3, -0.25) is 4.79 Å². The predicted octanol–water partition coefficient (Wildman–Crippen LogP) is 0.980. The maximum Gasteiger partial charge on any atom is 0.409 e. The highest BCUT2D eigenvalue weighted by Crippen LogP contribution is 2.14. The number of nitrogens with one attached hydrogen (secondary N) is 2. The van der Waals surface area contributed by atoms with E-state index in [1.807, 2.05) is 0 Å². The van der Waals surface area contributed by atoms with E-state index in [2.05, 4.69) is 14.8 Å². The molecule has 1 aliphatic heterocycles. The molecule has 0 bridgehead atoms. The summed E-state index contributed by atoms with van der Waals surface area (Å²) in [5, 5.41) is 2.78. The molecule has 1 fully saturated rings. The van der Waals surface area contributed by atoms with Gasteiger partial charge in [0.05, 0.1) is 12.0 Å². The Morgan fingerprint density at radius 2 is 1.89 bits per heavy atom. The maximum atomic E-state index is 13.2. The Balaban J connectivity index is 1.76. The molecule has 0 aromatic heterocycles. The van der Waals surface area contributed by atoms with Crippen LogP contribution >= 0.6 is 0 Å². The number of carbonyl (C=O) groups excluding carboxylic acids is 2. The normalized spacial score (nSPS) is 15.4. The molecule has 8 nitrogen and oxygen atoms in total. The van der Waals surface area contributed by atoms with Crippen molar-refractivity contribution in [2.45, 2.75) is 30.2 Å². The Morgan fingerprint density at radius 3 is 2.48 bits per heavy atom. The minimum Gasteiger partial charge on any atom is -0.453 e. The van der Waals surface area contributed by atoms with Crippen molar-refractivity contribution < 1.29 is 31.5 Å². The highest BCUT2D eigenvalue weighted by atomic mass is 32.2. The number of hydrogen-bond donors (Lipinski definition) is 2. The van der Waals surface area contributed by atoms with Crippen LogP contribution in [-0.2, 0) is 19.6 Å². The number of likely N-dealkylation sites (tertiary alicyclic amines) is 1. The Kier molecular flexibility index (Phi) is 7.08. The summed E-state index contributed by atoms with van der Waals surface area (Å²) in [6.07, 6.45) is 0.620. The van der Waals surface area contributed by atoms with Crippen LogP contribution in [0.25, 0.3) is 0 Å². The second kappa shape index (κ2) is 9.09. The number of ether oxygens (including phenoxy) is 1. The molecule has 1 aromatic carbocycles. The first-order chi connectivity index (χ1) is 12.7. The Bertz CT molecular complexity index is 795. The van der Waals surface area contributed by atoms with Gasteiger partial charge in [0.15, 0.2) is 11.6 Å². The molecule has 2 amide bonds. The monoisotopic (exact) mass is 405 g/mol. The average molecular weight is 405 g/mol. The number of hydrogen-bond acceptors (Lipinski definition) is 5. The third-order valence-electron chi connectivity index (χ3n) is 4.14. The second-order valence-electron chi connectivity index (χ2n) is 6.02. The summed E-state index contributed by atoms with van der Waals surface area (Å²) in [6, 6.07) is 2.13. The van der Waals surface area contributed by atoms with E-state index in [0.29, 0.717) is 32.0 Å². The number of methoxy groups -OCH3 is 1. The minimum atomic E-state index is -4.04. The SMILES string of the molecule is COC(=O)N1CCC(NC(=O)CCNS(=O)(=O)c2ccc(F)c(F)c2)CC1. The van der Waals surface area contributed by atoms with Gasteiger partial charge >= 0.3 is 6.09 Å². The Hall–Kier alpha value is -2.27. The van der Waals surface area contributed by atoms with Crippen LogP contribution in [0, 0.1) is 11.6 Å². The maximum absolute atomic E-state index is 13.2. The van der Waals surface area contributed by atoms with Crippen LogP contribution in [-0.4, -0.2) is 58.1 Å². The summed E-state index contributed by atoms with van der Waals surface area (Å²) < 4.78 is 56.9. The predicted molar refractivity (Wildman–Crippen MR) is 91.3 cm³/mol. The molecule has 1 aliphatic rings. The standard InChI is InChI=1S/C16H21F2N3O5S/c1-26-16(23)21-8-5-11(6-9-21)20-15(22)4-7-19-27(24,25)12-2-3-13(17)14(18)10-12/h2-3,10-11,19H,4-9H2,1H3,(H,20,22). The van der Waals surface area contributed by atoms with E-state index in [1.165, 1.54) is 7.11 Å². The average Bonchev–Trinajstić information content (AvgIpc) is 2.63. The molecule has 11 heteroatoms. The molecule has 27 heavy (non-hydrogen) atoms. The van der Waals surface area contributed by atoms with E-state index in [0.717, 1.165) is 12.1 Å². The molecule has 1 aromatic rings. The van der Waals surface area contributed by atoms with E-state index < -0.39 is 32.6 Å². The highest BCUT2D eigenvalue weighted by molar-refractivity contribution is 7.89. The lowest BCUT2D eigenvalue weighted by molar-refractivity contribution is -0.121. The number of sulfonamides is 1. The molecule has 150 valence electrons. The van der Waals surface area contributed by atoms with Gasteiger partial charge in [0, 0.05) is 32.1 Å². The van der Waals surface area contributed by atoms with Crippen molar-refractivity contribution in [3.8, 4) is 0 Å². The lowest BCUT2D eigenvalue weighted by atomic mass is 10.1. The van der Waals surface area contributed by atoms with E-state index in [4.69, 9.17) is 0 Å². The van der Waals surface area contributed by atoms with Crippen LogP contribution in [0.4, 0.5) is 13.6 Å². The van der Waals surface area contributed by atoms with Gasteiger partial charge < -0.3 is 15.0 Å². The molecule has 1 heterocycles. The van der Waals surface area contributed by atoms with Crippen LogP contribution < -0.4 is 10.0 Å². The lowest BCUT2D eigenvalue weighted by Crippen LogP contribution is -2.46. The molecule has 1 saturated heterocycles. The highest BCUT2D eigenvalue weighted by Gasteiger charge is 2.24. The molecule has 0 saturated carbocycles. The number of halogens is 2. The van der Waals surface area contributed by atoms with Gasteiger partial charge in [0.25, 0.3) is 0 Å². The molecule has 0 unspecified atom stereocenters. The third kappa shape index (κ3) is 5.86. The number of amides is 2. The molecule has 0 spiro atoms. The number of benzene rings is 1. The van der Waals surface area contributed by atoms with Crippen molar-refractivity contribution in [1.82, 2.24) is 14.9 Å². The second-order valence-corrected chi connectivity index (χ2v) is 7.79. The van der Waals surface area contributed by atoms with Gasteiger partial charge in [-0.2, -0.15) is 0 Å². The topological polar surface area (TPSA) is 105 Å². The number of piperidine rings is 1. The van der Waals surface area contributed by atoms with Gasteiger partial charge in [-0.1, -0.05) is 0 Å². The van der Waals surface area contributed by atoms with Crippen molar-refractivity contribution >= 4 is 22.0 Å². The molecule has 2 rings (SSSR count). The molecular formula is C16H21F2N3O5S. The summed E-state index contributed by atoms with van der Waals surface area (Å²) >= 11 is 0. The van der Waals surface area contributed by atoms with Crippen LogP contribution in [0.15, 0.2) is 23.1 Å². The first-order valence-corrected chi connectivity index (χ1v) is 9.78. The van der Waals surface area contributed by atoms with Gasteiger partial charge in [-0.25, -0.2) is 26.7 Å². The fourth-order valence-corrected chi connectivity index (χ4v) is 3.70. The smallest absolute Gasteiger partial charge is 0.409 e. The van der Waals surface area contributed by atoms with Gasteiger partial charge in [-0.05, 0) is 31.0 Å². The zero-order valence-corrected chi connectivity index (χ0v) is 15.5. The number of carbonyl (C=O) groups is 2. The zero-order chi connectivity index (χ0) is 20.0. The largest absolute Gasteiger partial charge is 0.453 e. The summed E-state index contributed by atoms with van der Waals surface area (Å²) in [4.78, 5) is 24.5. The van der Waals surface area contributed by atoms with E-state index in [-0.39, 0.29) is 24.9 Å². The Labute approximate surface area is 155 Å². The quantitative estimate of drug-likeness (QED) is 0.734. The van der Waals surface area contributed by atoms with E-state index in [9.17, 15) is 26.8 Å². The third-order valence-corrected chi connectivity index (χ3v) is 5.60. The lowest BCUT2D eigenvalue weighted by Gasteiger charge is -2.31. The van der Waals surface area contributed by atoms with Crippen molar-refractivity contribution in [2.24, 2.45) is 0 Å². The molecule has 0 aliphatic carbocycles. The van der Waals surface area contributed by atoms with Crippen LogP contribution in [0.1, 0.15) is 19.3 Å². The molecular weight excluding hydrogens is 384 g/mol. The molecule has 2 N–H and O–H groups in total. The molecule has 0 atom stereocenters.